The topological polar surface area (TPSA) is 93.2 Å². The maximum Gasteiger partial charge on any atom is 0.257 e. The summed E-state index contributed by atoms with van der Waals surface area (Å²) in [6.45, 7) is 0. The van der Waals surface area contributed by atoms with Crippen LogP contribution in [0.15, 0.2) is 35.4 Å². The van der Waals surface area contributed by atoms with Gasteiger partial charge in [-0.2, -0.15) is 4.39 Å². The van der Waals surface area contributed by atoms with E-state index in [1.54, 1.807) is 24.3 Å². The molecule has 1 heterocycles. The van der Waals surface area contributed by atoms with E-state index in [-0.39, 0.29) is 27.6 Å². The van der Waals surface area contributed by atoms with Crippen LogP contribution in [0.3, 0.4) is 0 Å². The molecule has 2 fully saturated rings. The van der Waals surface area contributed by atoms with Crippen LogP contribution in [0.1, 0.15) is 49.1 Å². The Kier molecular flexibility index (Phi) is 5.59. The highest BCUT2D eigenvalue weighted by molar-refractivity contribution is 7.90. The third-order valence-corrected chi connectivity index (χ3v) is 7.24. The van der Waals surface area contributed by atoms with E-state index in [9.17, 15) is 22.4 Å². The largest absolute Gasteiger partial charge is 0.300 e. The first-order valence-electron chi connectivity index (χ1n) is 9.71. The molecule has 1 aromatic carbocycles. The molecule has 2 aliphatic rings. The molecular formula is C21H21FN2O4S2. The molecule has 2 aromatic rings. The predicted octanol–water partition coefficient (Wildman–Crippen LogP) is 3.95. The Morgan fingerprint density at radius 1 is 1.30 bits per heavy atom. The van der Waals surface area contributed by atoms with Gasteiger partial charge in [0.15, 0.2) is 20.1 Å². The highest BCUT2D eigenvalue weighted by Crippen LogP contribution is 2.44. The molecule has 0 bridgehead atoms. The number of halogens is 1. The average molecular weight is 449 g/mol. The number of sulfone groups is 1. The highest BCUT2D eigenvalue weighted by Gasteiger charge is 2.30. The number of anilines is 1. The van der Waals surface area contributed by atoms with Crippen molar-refractivity contribution in [1.29, 1.82) is 0 Å². The van der Waals surface area contributed by atoms with Crippen molar-refractivity contribution in [3.63, 3.8) is 0 Å². The smallest absolute Gasteiger partial charge is 0.257 e. The third kappa shape index (κ3) is 4.67. The van der Waals surface area contributed by atoms with E-state index in [2.05, 4.69) is 10.3 Å². The standard InChI is InChI=1S/C21H21FN2O4S2/c1-30(27,28)18-7-5-14(10-16(18)13-3-4-13)17(9-12-2-6-15(25)8-12)20(26)24-21-23-11-19(22)29-21/h5,7,9-13H,2-4,6,8H2,1H3,(H,23,24,26)/t12-/m0/s1. The number of nitrogens with zero attached hydrogens (tertiary/aromatic N) is 1. The lowest BCUT2D eigenvalue weighted by atomic mass is 9.96. The van der Waals surface area contributed by atoms with Crippen molar-refractivity contribution in [2.24, 2.45) is 5.92 Å². The van der Waals surface area contributed by atoms with Crippen LogP contribution in [0.2, 0.25) is 0 Å². The van der Waals surface area contributed by atoms with Gasteiger partial charge in [-0.15, -0.1) is 0 Å². The number of benzene rings is 1. The molecule has 0 saturated heterocycles. The van der Waals surface area contributed by atoms with E-state index >= 15 is 0 Å². The minimum absolute atomic E-state index is 0.0646. The molecule has 30 heavy (non-hydrogen) atoms. The molecule has 1 aromatic heterocycles. The first kappa shape index (κ1) is 20.9. The van der Waals surface area contributed by atoms with Crippen molar-refractivity contribution in [1.82, 2.24) is 4.98 Å². The van der Waals surface area contributed by atoms with Crippen LogP contribution in [0.25, 0.3) is 5.57 Å². The average Bonchev–Trinajstić information content (AvgIpc) is 3.33. The number of hydrogen-bond donors (Lipinski definition) is 1. The van der Waals surface area contributed by atoms with Gasteiger partial charge in [-0.1, -0.05) is 23.5 Å². The fourth-order valence-electron chi connectivity index (χ4n) is 3.77. The monoisotopic (exact) mass is 448 g/mol. The van der Waals surface area contributed by atoms with Gasteiger partial charge in [-0.25, -0.2) is 13.4 Å². The Hall–Kier alpha value is -2.39. The summed E-state index contributed by atoms with van der Waals surface area (Å²) in [6.07, 6.45) is 7.33. The number of rotatable bonds is 6. The summed E-state index contributed by atoms with van der Waals surface area (Å²) < 4.78 is 37.6. The quantitative estimate of drug-likeness (QED) is 0.676. The molecule has 9 heteroatoms. The van der Waals surface area contributed by atoms with Crippen LogP contribution in [0, 0.1) is 11.0 Å². The van der Waals surface area contributed by atoms with Crippen molar-refractivity contribution in [2.75, 3.05) is 11.6 Å². The molecule has 0 unspecified atom stereocenters. The van der Waals surface area contributed by atoms with Gasteiger partial charge in [0, 0.05) is 24.7 Å². The number of aromatic nitrogens is 1. The second-order valence-corrected chi connectivity index (χ2v) is 10.8. The van der Waals surface area contributed by atoms with E-state index in [0.29, 0.717) is 30.4 Å². The van der Waals surface area contributed by atoms with Crippen LogP contribution in [0.5, 0.6) is 0 Å². The van der Waals surface area contributed by atoms with Crippen molar-refractivity contribution >= 4 is 43.6 Å². The Morgan fingerprint density at radius 2 is 2.07 bits per heavy atom. The van der Waals surface area contributed by atoms with Crippen LogP contribution < -0.4 is 5.32 Å². The minimum atomic E-state index is -3.39. The van der Waals surface area contributed by atoms with Gasteiger partial charge in [-0.3, -0.25) is 14.9 Å². The highest BCUT2D eigenvalue weighted by atomic mass is 32.2. The number of allylic oxidation sites excluding steroid dienone is 1. The molecule has 0 radical (unpaired) electrons. The Morgan fingerprint density at radius 3 is 2.63 bits per heavy atom. The molecular weight excluding hydrogens is 427 g/mol. The van der Waals surface area contributed by atoms with Crippen molar-refractivity contribution in [3.8, 4) is 0 Å². The third-order valence-electron chi connectivity index (χ3n) is 5.37. The number of hydrogen-bond acceptors (Lipinski definition) is 6. The number of carbonyl (C=O) groups excluding carboxylic acids is 2. The Bertz CT molecular complexity index is 1150. The SMILES string of the molecule is CS(=O)(=O)c1ccc(C(=C[C@H]2CCC(=O)C2)C(=O)Nc2ncc(F)s2)cc1C1CC1. The maximum atomic E-state index is 13.3. The lowest BCUT2D eigenvalue weighted by Crippen LogP contribution is -2.15. The Balaban J connectivity index is 1.73. The van der Waals surface area contributed by atoms with Crippen LogP contribution in [-0.2, 0) is 19.4 Å². The van der Waals surface area contributed by atoms with Crippen molar-refractivity contribution < 1.29 is 22.4 Å². The van der Waals surface area contributed by atoms with Gasteiger partial charge in [0.25, 0.3) is 5.91 Å². The molecule has 1 atom stereocenters. The molecule has 0 spiro atoms. The van der Waals surface area contributed by atoms with Crippen molar-refractivity contribution in [2.45, 2.75) is 42.9 Å². The first-order valence-corrected chi connectivity index (χ1v) is 12.4. The lowest BCUT2D eigenvalue weighted by Gasteiger charge is -2.14. The molecule has 1 N–H and O–H groups in total. The van der Waals surface area contributed by atoms with E-state index in [4.69, 9.17) is 0 Å². The molecule has 158 valence electrons. The van der Waals surface area contributed by atoms with E-state index < -0.39 is 20.9 Å². The summed E-state index contributed by atoms with van der Waals surface area (Å²) in [4.78, 5) is 28.8. The summed E-state index contributed by atoms with van der Waals surface area (Å²) in [5.41, 5.74) is 1.64. The summed E-state index contributed by atoms with van der Waals surface area (Å²) >= 11 is 0.725. The van der Waals surface area contributed by atoms with Crippen LogP contribution in [-0.4, -0.2) is 31.3 Å². The second kappa shape index (κ2) is 8.03. The first-order chi connectivity index (χ1) is 14.2. The number of nitrogens with one attached hydrogen (secondary N) is 1. The zero-order valence-electron chi connectivity index (χ0n) is 16.4. The van der Waals surface area contributed by atoms with E-state index in [0.717, 1.165) is 35.9 Å². The fourth-order valence-corrected chi connectivity index (χ4v) is 5.28. The fraction of sp³-hybridized carbons (Fsp3) is 0.381. The Labute approximate surface area is 178 Å². The molecule has 0 aliphatic heterocycles. The van der Waals surface area contributed by atoms with E-state index in [1.807, 2.05) is 0 Å². The zero-order chi connectivity index (χ0) is 21.5. The van der Waals surface area contributed by atoms with Gasteiger partial charge in [0.2, 0.25) is 0 Å². The van der Waals surface area contributed by atoms with Gasteiger partial charge in [0.05, 0.1) is 11.1 Å². The van der Waals surface area contributed by atoms with Gasteiger partial charge in [-0.05, 0) is 54.4 Å². The van der Waals surface area contributed by atoms with Crippen molar-refractivity contribution in [3.05, 3.63) is 46.7 Å². The van der Waals surface area contributed by atoms with E-state index in [1.165, 1.54) is 6.26 Å². The summed E-state index contributed by atoms with van der Waals surface area (Å²) in [5, 5.41) is 2.24. The number of thiazole rings is 1. The number of amides is 1. The molecule has 2 aliphatic carbocycles. The molecule has 2 saturated carbocycles. The summed E-state index contributed by atoms with van der Waals surface area (Å²) in [6, 6.07) is 4.92. The summed E-state index contributed by atoms with van der Waals surface area (Å²) in [5.74, 6) is -0.202. The van der Waals surface area contributed by atoms with Crippen LogP contribution >= 0.6 is 11.3 Å². The maximum absolute atomic E-state index is 13.3. The molecule has 6 nitrogen and oxygen atoms in total. The predicted molar refractivity (Wildman–Crippen MR) is 113 cm³/mol. The van der Waals surface area contributed by atoms with Crippen LogP contribution in [0.4, 0.5) is 9.52 Å². The molecule has 4 rings (SSSR count). The number of ketones is 1. The normalized spacial score (nSPS) is 19.9. The minimum Gasteiger partial charge on any atom is -0.300 e. The summed E-state index contributed by atoms with van der Waals surface area (Å²) in [7, 11) is -3.39. The number of Topliss-reactive ketones (excluding diaryl/α,β-unsaturated/α-hetero) is 1. The zero-order valence-corrected chi connectivity index (χ0v) is 18.0. The lowest BCUT2D eigenvalue weighted by molar-refractivity contribution is -0.117. The van der Waals surface area contributed by atoms with Gasteiger partial charge < -0.3 is 0 Å². The number of carbonyl (C=O) groups is 2. The molecule has 1 amide bonds. The van der Waals surface area contributed by atoms with Gasteiger partial charge >= 0.3 is 0 Å². The second-order valence-electron chi connectivity index (χ2n) is 7.84. The van der Waals surface area contributed by atoms with Gasteiger partial charge in [0.1, 0.15) is 5.78 Å².